The zero-order chi connectivity index (χ0) is 11.7. The molecule has 0 bridgehead atoms. The third-order valence-corrected chi connectivity index (χ3v) is 1.97. The minimum atomic E-state index is -0.476. The van der Waals surface area contributed by atoms with E-state index in [2.05, 4.69) is 15.2 Å². The minimum absolute atomic E-state index is 0.130. The summed E-state index contributed by atoms with van der Waals surface area (Å²) in [5.41, 5.74) is 5.53. The summed E-state index contributed by atoms with van der Waals surface area (Å²) in [5.74, 6) is -1.15. The molecular weight excluding hydrogens is 213 g/mol. The number of aromatic hydroxyl groups is 1. The topological polar surface area (TPSA) is 111 Å². The Morgan fingerprint density at radius 3 is 2.94 bits per heavy atom. The maximum atomic E-state index is 12.9. The molecule has 0 radical (unpaired) electrons. The van der Waals surface area contributed by atoms with E-state index in [1.165, 1.54) is 18.2 Å². The van der Waals surface area contributed by atoms with Gasteiger partial charge in [-0.25, -0.2) is 4.39 Å². The SMILES string of the molecule is N=C(N)N=Nc1c(O)[nH]c2cc(F)ccc12. The number of nitrogens with two attached hydrogens (primary N) is 1. The first-order valence-electron chi connectivity index (χ1n) is 4.34. The maximum absolute atomic E-state index is 12.9. The van der Waals surface area contributed by atoms with Crippen molar-refractivity contribution in [2.24, 2.45) is 16.0 Å². The van der Waals surface area contributed by atoms with E-state index in [0.29, 0.717) is 10.9 Å². The zero-order valence-corrected chi connectivity index (χ0v) is 8.03. The van der Waals surface area contributed by atoms with Crippen molar-refractivity contribution >= 4 is 22.5 Å². The number of fused-ring (bicyclic) bond motifs is 1. The summed E-state index contributed by atoms with van der Waals surface area (Å²) in [6.07, 6.45) is 0. The van der Waals surface area contributed by atoms with Gasteiger partial charge in [-0.05, 0) is 18.2 Å². The first kappa shape index (κ1) is 10.1. The average molecular weight is 221 g/mol. The normalized spacial score (nSPS) is 11.3. The van der Waals surface area contributed by atoms with Crippen LogP contribution in [0.1, 0.15) is 0 Å². The van der Waals surface area contributed by atoms with Gasteiger partial charge in [0.05, 0.1) is 5.52 Å². The Morgan fingerprint density at radius 2 is 2.25 bits per heavy atom. The predicted octanol–water partition coefficient (Wildman–Crippen LogP) is 1.99. The van der Waals surface area contributed by atoms with Crippen LogP contribution in [0.25, 0.3) is 10.9 Å². The van der Waals surface area contributed by atoms with Crippen LogP contribution in [0, 0.1) is 11.2 Å². The van der Waals surface area contributed by atoms with Crippen LogP contribution in [0.3, 0.4) is 0 Å². The summed E-state index contributed by atoms with van der Waals surface area (Å²) in [6, 6.07) is 3.92. The van der Waals surface area contributed by atoms with Gasteiger partial charge in [-0.1, -0.05) is 0 Å². The molecule has 1 heterocycles. The summed E-state index contributed by atoms with van der Waals surface area (Å²) in [6.45, 7) is 0. The van der Waals surface area contributed by atoms with Gasteiger partial charge in [0.25, 0.3) is 0 Å². The minimum Gasteiger partial charge on any atom is -0.493 e. The number of hydrogen-bond donors (Lipinski definition) is 4. The molecule has 5 N–H and O–H groups in total. The molecule has 16 heavy (non-hydrogen) atoms. The number of azo groups is 1. The van der Waals surface area contributed by atoms with Crippen molar-refractivity contribution in [3.63, 3.8) is 0 Å². The Balaban J connectivity index is 2.60. The molecule has 7 heteroatoms. The molecule has 0 aliphatic carbocycles. The lowest BCUT2D eigenvalue weighted by molar-refractivity contribution is 0.459. The van der Waals surface area contributed by atoms with E-state index in [9.17, 15) is 9.50 Å². The van der Waals surface area contributed by atoms with Gasteiger partial charge in [-0.3, -0.25) is 5.41 Å². The van der Waals surface area contributed by atoms with Crippen LogP contribution in [0.2, 0.25) is 0 Å². The second kappa shape index (κ2) is 3.61. The highest BCUT2D eigenvalue weighted by atomic mass is 19.1. The van der Waals surface area contributed by atoms with Crippen molar-refractivity contribution in [2.75, 3.05) is 0 Å². The summed E-state index contributed by atoms with van der Waals surface area (Å²) in [7, 11) is 0. The van der Waals surface area contributed by atoms with Crippen LogP contribution in [-0.2, 0) is 0 Å². The van der Waals surface area contributed by atoms with E-state index in [0.717, 1.165) is 0 Å². The lowest BCUT2D eigenvalue weighted by Crippen LogP contribution is -2.03. The highest BCUT2D eigenvalue weighted by Crippen LogP contribution is 2.35. The van der Waals surface area contributed by atoms with Crippen molar-refractivity contribution in [3.8, 4) is 5.88 Å². The van der Waals surface area contributed by atoms with Gasteiger partial charge in [0.1, 0.15) is 5.82 Å². The van der Waals surface area contributed by atoms with Crippen molar-refractivity contribution in [2.45, 2.75) is 0 Å². The number of aromatic amines is 1. The third-order valence-electron chi connectivity index (χ3n) is 1.97. The predicted molar refractivity (Wildman–Crippen MR) is 56.4 cm³/mol. The second-order valence-electron chi connectivity index (χ2n) is 3.10. The monoisotopic (exact) mass is 221 g/mol. The van der Waals surface area contributed by atoms with E-state index >= 15 is 0 Å². The van der Waals surface area contributed by atoms with E-state index in [1.807, 2.05) is 0 Å². The molecule has 0 saturated carbocycles. The van der Waals surface area contributed by atoms with Gasteiger partial charge >= 0.3 is 0 Å². The smallest absolute Gasteiger partial charge is 0.232 e. The fourth-order valence-electron chi connectivity index (χ4n) is 1.35. The highest BCUT2D eigenvalue weighted by Gasteiger charge is 2.10. The van der Waals surface area contributed by atoms with Crippen LogP contribution in [-0.4, -0.2) is 16.1 Å². The van der Waals surface area contributed by atoms with E-state index < -0.39 is 11.8 Å². The molecule has 2 aromatic rings. The Kier molecular flexibility index (Phi) is 2.28. The second-order valence-corrected chi connectivity index (χ2v) is 3.10. The molecule has 0 atom stereocenters. The molecule has 82 valence electrons. The summed E-state index contributed by atoms with van der Waals surface area (Å²) >= 11 is 0. The lowest BCUT2D eigenvalue weighted by Gasteiger charge is -1.91. The molecule has 0 unspecified atom stereocenters. The number of rotatable bonds is 1. The highest BCUT2D eigenvalue weighted by molar-refractivity contribution is 5.94. The van der Waals surface area contributed by atoms with E-state index in [-0.39, 0.29) is 11.6 Å². The van der Waals surface area contributed by atoms with Crippen molar-refractivity contribution in [1.82, 2.24) is 4.98 Å². The molecule has 0 aliphatic rings. The molecule has 0 saturated heterocycles. The first-order chi connectivity index (χ1) is 7.58. The number of guanidine groups is 1. The van der Waals surface area contributed by atoms with E-state index in [4.69, 9.17) is 11.1 Å². The quantitative estimate of drug-likeness (QED) is 0.335. The van der Waals surface area contributed by atoms with Gasteiger partial charge in [0.2, 0.25) is 11.8 Å². The van der Waals surface area contributed by atoms with E-state index in [1.54, 1.807) is 0 Å². The number of aromatic nitrogens is 1. The van der Waals surface area contributed by atoms with Crippen molar-refractivity contribution < 1.29 is 9.50 Å². The third kappa shape index (κ3) is 1.70. The Morgan fingerprint density at radius 1 is 1.50 bits per heavy atom. The van der Waals surface area contributed by atoms with Crippen LogP contribution < -0.4 is 5.73 Å². The Labute approximate surface area is 89.1 Å². The number of nitrogens with zero attached hydrogens (tertiary/aromatic N) is 2. The van der Waals surface area contributed by atoms with Crippen molar-refractivity contribution in [1.29, 1.82) is 5.41 Å². The van der Waals surface area contributed by atoms with Crippen molar-refractivity contribution in [3.05, 3.63) is 24.0 Å². The van der Waals surface area contributed by atoms with Gasteiger partial charge < -0.3 is 15.8 Å². The fourth-order valence-corrected chi connectivity index (χ4v) is 1.35. The number of nitrogens with one attached hydrogen (secondary N) is 2. The molecule has 0 amide bonds. The molecule has 1 aromatic heterocycles. The molecule has 6 nitrogen and oxygen atoms in total. The molecule has 0 aliphatic heterocycles. The summed E-state index contributed by atoms with van der Waals surface area (Å²) in [4.78, 5) is 2.54. The van der Waals surface area contributed by atoms with Gasteiger partial charge in [-0.15, -0.1) is 10.2 Å². The largest absolute Gasteiger partial charge is 0.493 e. The van der Waals surface area contributed by atoms with Crippen LogP contribution >= 0.6 is 0 Å². The Bertz CT molecular complexity index is 589. The molecule has 0 spiro atoms. The zero-order valence-electron chi connectivity index (χ0n) is 8.03. The van der Waals surface area contributed by atoms with Gasteiger partial charge in [0.15, 0.2) is 5.69 Å². The number of hydrogen-bond acceptors (Lipinski definition) is 3. The van der Waals surface area contributed by atoms with Crippen LogP contribution in [0.4, 0.5) is 10.1 Å². The van der Waals surface area contributed by atoms with Gasteiger partial charge in [-0.2, -0.15) is 0 Å². The maximum Gasteiger partial charge on any atom is 0.232 e. The number of benzene rings is 1. The molecular formula is C9H8FN5O. The van der Waals surface area contributed by atoms with Crippen LogP contribution in [0.15, 0.2) is 28.4 Å². The molecule has 0 fully saturated rings. The standard InChI is InChI=1S/C9H8FN5O/c10-4-1-2-5-6(3-4)13-8(16)7(5)14-15-9(11)12/h1-3,13,16H,(H3,11,12). The number of halogens is 1. The number of H-pyrrole nitrogens is 1. The first-order valence-corrected chi connectivity index (χ1v) is 4.34. The average Bonchev–Trinajstić information content (AvgIpc) is 2.50. The Hall–Kier alpha value is -2.44. The molecule has 2 rings (SSSR count). The van der Waals surface area contributed by atoms with Gasteiger partial charge in [0, 0.05) is 5.39 Å². The lowest BCUT2D eigenvalue weighted by atomic mass is 10.2. The summed E-state index contributed by atoms with van der Waals surface area (Å²) in [5, 5.41) is 23.8. The summed E-state index contributed by atoms with van der Waals surface area (Å²) < 4.78 is 12.9. The van der Waals surface area contributed by atoms with Crippen LogP contribution in [0.5, 0.6) is 5.88 Å². The molecule has 1 aromatic carbocycles. The fraction of sp³-hybridized carbons (Fsp3) is 0.